The summed E-state index contributed by atoms with van der Waals surface area (Å²) in [7, 11) is 0. The Kier molecular flexibility index (Phi) is 12.4. The van der Waals surface area contributed by atoms with Gasteiger partial charge in [0, 0.05) is 44.0 Å². The lowest BCUT2D eigenvalue weighted by molar-refractivity contribution is 0.0671. The molecule has 0 saturated carbocycles. The first kappa shape index (κ1) is 35.5. The van der Waals surface area contributed by atoms with E-state index in [4.69, 9.17) is 0 Å². The van der Waals surface area contributed by atoms with Crippen LogP contribution in [0.25, 0.3) is 0 Å². The molecular weight excluding hydrogens is 621 g/mol. The molecule has 0 radical (unpaired) electrons. The predicted octanol–water partition coefficient (Wildman–Crippen LogP) is 6.74. The van der Waals surface area contributed by atoms with Crippen LogP contribution in [0.4, 0.5) is 11.4 Å². The molecule has 5 fully saturated rings. The van der Waals surface area contributed by atoms with E-state index >= 15 is 0 Å². The van der Waals surface area contributed by atoms with Crippen LogP contribution in [0.5, 0.6) is 0 Å². The summed E-state index contributed by atoms with van der Waals surface area (Å²) in [5.74, 6) is 1.57. The third kappa shape index (κ3) is 9.48. The van der Waals surface area contributed by atoms with Gasteiger partial charge in [0.1, 0.15) is 0 Å². The number of nitrogens with zero attached hydrogens (tertiary/aromatic N) is 5. The van der Waals surface area contributed by atoms with Gasteiger partial charge in [0.15, 0.2) is 0 Å². The maximum atomic E-state index is 14.1. The highest BCUT2D eigenvalue weighted by molar-refractivity contribution is 6.03. The summed E-state index contributed by atoms with van der Waals surface area (Å²) >= 11 is 0. The van der Waals surface area contributed by atoms with Gasteiger partial charge in [-0.2, -0.15) is 0 Å². The Labute approximate surface area is 301 Å². The second-order valence-corrected chi connectivity index (χ2v) is 16.0. The van der Waals surface area contributed by atoms with Gasteiger partial charge < -0.3 is 29.8 Å². The van der Waals surface area contributed by atoms with Gasteiger partial charge in [-0.15, -0.1) is 0 Å². The average molecular weight is 683 g/mol. The molecule has 50 heavy (non-hydrogen) atoms. The van der Waals surface area contributed by atoms with Crippen LogP contribution in [0.1, 0.15) is 103 Å². The van der Waals surface area contributed by atoms with E-state index in [0.717, 1.165) is 76.2 Å². The molecule has 5 saturated heterocycles. The monoisotopic (exact) mass is 682 g/mol. The zero-order valence-corrected chi connectivity index (χ0v) is 30.6. The average Bonchev–Trinajstić information content (AvgIpc) is 3.98. The topological polar surface area (TPSA) is 62.4 Å². The lowest BCUT2D eigenvalue weighted by Crippen LogP contribution is -2.40. The number of anilines is 2. The zero-order chi connectivity index (χ0) is 34.1. The van der Waals surface area contributed by atoms with Crippen LogP contribution < -0.4 is 5.32 Å². The molecule has 7 rings (SSSR count). The summed E-state index contributed by atoms with van der Waals surface area (Å²) < 4.78 is 0. The highest BCUT2D eigenvalue weighted by Crippen LogP contribution is 2.30. The van der Waals surface area contributed by atoms with E-state index in [2.05, 4.69) is 44.3 Å². The summed E-state index contributed by atoms with van der Waals surface area (Å²) in [4.78, 5) is 39.8. The van der Waals surface area contributed by atoms with Crippen LogP contribution in [0.3, 0.4) is 0 Å². The van der Waals surface area contributed by atoms with Crippen molar-refractivity contribution in [2.75, 3.05) is 90.4 Å². The minimum Gasteiger partial charge on any atom is -0.355 e. The largest absolute Gasteiger partial charge is 0.355 e. The smallest absolute Gasteiger partial charge is 0.255 e. The summed E-state index contributed by atoms with van der Waals surface area (Å²) in [6.45, 7) is 14.2. The maximum Gasteiger partial charge on any atom is 0.255 e. The fourth-order valence-electron chi connectivity index (χ4n) is 9.12. The van der Waals surface area contributed by atoms with Crippen molar-refractivity contribution in [3.8, 4) is 0 Å². The quantitative estimate of drug-likeness (QED) is 0.253. The van der Waals surface area contributed by atoms with Gasteiger partial charge >= 0.3 is 0 Å². The van der Waals surface area contributed by atoms with Gasteiger partial charge in [0.05, 0.1) is 11.3 Å². The number of carbonyl (C=O) groups is 2. The zero-order valence-electron chi connectivity index (χ0n) is 30.6. The van der Waals surface area contributed by atoms with Crippen LogP contribution in [-0.2, 0) is 6.42 Å². The second-order valence-electron chi connectivity index (χ2n) is 16.0. The highest BCUT2D eigenvalue weighted by atomic mass is 16.2. The van der Waals surface area contributed by atoms with E-state index in [1.807, 2.05) is 28.0 Å². The van der Waals surface area contributed by atoms with Crippen molar-refractivity contribution in [3.05, 3.63) is 59.2 Å². The van der Waals surface area contributed by atoms with Crippen LogP contribution in [-0.4, -0.2) is 121 Å². The van der Waals surface area contributed by atoms with Crippen molar-refractivity contribution < 1.29 is 9.59 Å². The van der Waals surface area contributed by atoms with Gasteiger partial charge in [-0.3, -0.25) is 9.59 Å². The molecule has 2 aromatic carbocycles. The third-order valence-corrected chi connectivity index (χ3v) is 12.6. The molecule has 2 amide bonds. The van der Waals surface area contributed by atoms with E-state index in [1.165, 1.54) is 109 Å². The lowest BCUT2D eigenvalue weighted by atomic mass is 9.92. The molecule has 2 aromatic rings. The Morgan fingerprint density at radius 3 is 1.56 bits per heavy atom. The number of hydrogen-bond acceptors (Lipinski definition) is 6. The molecule has 0 aromatic heterocycles. The first-order chi connectivity index (χ1) is 24.6. The van der Waals surface area contributed by atoms with Gasteiger partial charge in [0.2, 0.25) is 0 Å². The van der Waals surface area contributed by atoms with Gasteiger partial charge in [-0.25, -0.2) is 0 Å². The highest BCUT2D eigenvalue weighted by Gasteiger charge is 2.28. The second kappa shape index (κ2) is 17.5. The van der Waals surface area contributed by atoms with Gasteiger partial charge in [-0.1, -0.05) is 12.1 Å². The fraction of sp³-hybridized carbons (Fsp3) is 0.667. The van der Waals surface area contributed by atoms with E-state index < -0.39 is 0 Å². The number of hydrogen-bond donors (Lipinski definition) is 1. The number of carbonyl (C=O) groups excluding carboxylic acids is 2. The standard InChI is InChI=1S/C42H62N6O2/c49-41(47-29-16-35(17-30-47)14-27-45-22-3-4-23-45)37-9-12-39(42(50)48-31-18-36(19-32-48)15-28-46-24-5-6-25-46)40(33-37)43-38-10-7-34(8-11-38)13-26-44-20-1-2-21-44/h7-12,33,35-36,43H,1-6,13-32H2. The first-order valence-electron chi connectivity index (χ1n) is 20.3. The third-order valence-electron chi connectivity index (χ3n) is 12.6. The van der Waals surface area contributed by atoms with Crippen molar-refractivity contribution in [2.24, 2.45) is 11.8 Å². The molecule has 0 spiro atoms. The Morgan fingerprint density at radius 1 is 0.560 bits per heavy atom. The molecule has 272 valence electrons. The summed E-state index contributed by atoms with van der Waals surface area (Å²) in [5, 5.41) is 3.59. The molecular formula is C42H62N6O2. The number of likely N-dealkylation sites (tertiary alicyclic amines) is 5. The van der Waals surface area contributed by atoms with Crippen molar-refractivity contribution >= 4 is 23.2 Å². The molecule has 1 N–H and O–H groups in total. The number of nitrogens with one attached hydrogen (secondary N) is 1. The molecule has 0 unspecified atom stereocenters. The lowest BCUT2D eigenvalue weighted by Gasteiger charge is -2.34. The number of rotatable bonds is 13. The SMILES string of the molecule is O=C(c1ccc(C(=O)N2CCC(CCN3CCCC3)CC2)c(Nc2ccc(CCN3CCCC3)cc2)c1)N1CCC(CCN2CCCC2)CC1. The fourth-order valence-corrected chi connectivity index (χ4v) is 9.12. The Morgan fingerprint density at radius 2 is 1.04 bits per heavy atom. The van der Waals surface area contributed by atoms with Crippen molar-refractivity contribution in [1.82, 2.24) is 24.5 Å². The molecule has 0 atom stereocenters. The summed E-state index contributed by atoms with van der Waals surface area (Å²) in [6, 6.07) is 14.4. The van der Waals surface area contributed by atoms with Crippen molar-refractivity contribution in [2.45, 2.75) is 83.5 Å². The van der Waals surface area contributed by atoms with Crippen LogP contribution in [0, 0.1) is 11.8 Å². The molecule has 5 aliphatic rings. The number of amides is 2. The molecule has 8 heteroatoms. The van der Waals surface area contributed by atoms with Crippen LogP contribution >= 0.6 is 0 Å². The molecule has 5 heterocycles. The van der Waals surface area contributed by atoms with Crippen LogP contribution in [0.15, 0.2) is 42.5 Å². The summed E-state index contributed by atoms with van der Waals surface area (Å²) in [5.41, 5.74) is 4.35. The molecule has 5 aliphatic heterocycles. The van der Waals surface area contributed by atoms with Crippen LogP contribution in [0.2, 0.25) is 0 Å². The molecule has 0 bridgehead atoms. The Hall–Kier alpha value is -2.94. The maximum absolute atomic E-state index is 14.1. The minimum absolute atomic E-state index is 0.0746. The van der Waals surface area contributed by atoms with E-state index in [9.17, 15) is 9.59 Å². The Bertz CT molecular complexity index is 1380. The Balaban J connectivity index is 0.997. The van der Waals surface area contributed by atoms with E-state index in [1.54, 1.807) is 0 Å². The first-order valence-corrected chi connectivity index (χ1v) is 20.3. The molecule has 8 nitrogen and oxygen atoms in total. The minimum atomic E-state index is 0.0746. The molecule has 0 aliphatic carbocycles. The van der Waals surface area contributed by atoms with Gasteiger partial charge in [-0.05, 0) is 184 Å². The normalized spacial score (nSPS) is 21.8. The van der Waals surface area contributed by atoms with E-state index in [-0.39, 0.29) is 11.8 Å². The van der Waals surface area contributed by atoms with Crippen molar-refractivity contribution in [3.63, 3.8) is 0 Å². The van der Waals surface area contributed by atoms with Crippen molar-refractivity contribution in [1.29, 1.82) is 0 Å². The van der Waals surface area contributed by atoms with Gasteiger partial charge in [0.25, 0.3) is 11.8 Å². The number of benzene rings is 2. The predicted molar refractivity (Wildman–Crippen MR) is 203 cm³/mol. The summed E-state index contributed by atoms with van der Waals surface area (Å²) in [6.07, 6.45) is 15.9. The van der Waals surface area contributed by atoms with E-state index in [0.29, 0.717) is 23.0 Å². The number of piperidine rings is 2.